The second-order valence-corrected chi connectivity index (χ2v) is 9.36. The van der Waals surface area contributed by atoms with Gasteiger partial charge in [-0.05, 0) is 36.2 Å². The van der Waals surface area contributed by atoms with Gasteiger partial charge in [-0.25, -0.2) is 22.7 Å². The first kappa shape index (κ1) is 21.0. The molecule has 0 bridgehead atoms. The molecule has 31 heavy (non-hydrogen) atoms. The second kappa shape index (κ2) is 8.09. The third-order valence-corrected chi connectivity index (χ3v) is 7.35. The van der Waals surface area contributed by atoms with Gasteiger partial charge in [-0.2, -0.15) is 0 Å². The van der Waals surface area contributed by atoms with Crippen molar-refractivity contribution in [3.63, 3.8) is 0 Å². The van der Waals surface area contributed by atoms with Gasteiger partial charge < -0.3 is 11.1 Å². The van der Waals surface area contributed by atoms with E-state index in [4.69, 9.17) is 5.73 Å². The summed E-state index contributed by atoms with van der Waals surface area (Å²) in [5.41, 5.74) is 10.3. The molecular formula is C22H23N5O3S. The third-order valence-electron chi connectivity index (χ3n) is 5.41. The predicted molar refractivity (Wildman–Crippen MR) is 119 cm³/mol. The monoisotopic (exact) mass is 437 g/mol. The van der Waals surface area contributed by atoms with Gasteiger partial charge in [-0.1, -0.05) is 25.1 Å². The average molecular weight is 438 g/mol. The summed E-state index contributed by atoms with van der Waals surface area (Å²) in [6, 6.07) is 12.0. The van der Waals surface area contributed by atoms with Crippen molar-refractivity contribution in [2.75, 3.05) is 25.9 Å². The molecule has 1 aliphatic rings. The summed E-state index contributed by atoms with van der Waals surface area (Å²) in [4.78, 5) is 21.2. The molecule has 2 aromatic carbocycles. The van der Waals surface area contributed by atoms with E-state index in [-0.39, 0.29) is 16.6 Å². The van der Waals surface area contributed by atoms with Crippen LogP contribution in [0.1, 0.15) is 22.8 Å². The number of fused-ring (bicyclic) bond motifs is 1. The van der Waals surface area contributed by atoms with Crippen LogP contribution in [-0.4, -0.2) is 48.7 Å². The van der Waals surface area contributed by atoms with Crippen molar-refractivity contribution in [1.82, 2.24) is 19.6 Å². The topological polar surface area (TPSA) is 118 Å². The summed E-state index contributed by atoms with van der Waals surface area (Å²) in [6.45, 7) is 2.77. The number of hydrogen-bond donors (Lipinski definition) is 2. The molecule has 0 radical (unpaired) electrons. The molecule has 1 aliphatic heterocycles. The number of anilines is 1. The molecule has 3 N–H and O–H groups in total. The van der Waals surface area contributed by atoms with Crippen LogP contribution < -0.4 is 11.1 Å². The summed E-state index contributed by atoms with van der Waals surface area (Å²) < 4.78 is 26.3. The van der Waals surface area contributed by atoms with E-state index in [0.29, 0.717) is 30.0 Å². The number of nitrogen functional groups attached to an aromatic ring is 1. The summed E-state index contributed by atoms with van der Waals surface area (Å²) in [6.07, 6.45) is 2.30. The molecule has 8 nitrogen and oxygen atoms in total. The number of amides is 1. The summed E-state index contributed by atoms with van der Waals surface area (Å²) >= 11 is 0. The Morgan fingerprint density at radius 1 is 1.13 bits per heavy atom. The van der Waals surface area contributed by atoms with Gasteiger partial charge in [0.2, 0.25) is 10.0 Å². The minimum absolute atomic E-state index is 0.0793. The zero-order valence-electron chi connectivity index (χ0n) is 17.3. The predicted octanol–water partition coefficient (Wildman–Crippen LogP) is 2.32. The number of carbonyl (C=O) groups excluding carboxylic acids is 1. The van der Waals surface area contributed by atoms with Crippen molar-refractivity contribution < 1.29 is 13.2 Å². The SMILES string of the molecule is CCN(C)S(=O)(=O)c1ccc(-c2cnc(N)c(-c3ccc4c(c3)CCNC4=O)n2)cc1. The fourth-order valence-electron chi connectivity index (χ4n) is 3.47. The fourth-order valence-corrected chi connectivity index (χ4v) is 4.65. The Balaban J connectivity index is 1.70. The van der Waals surface area contributed by atoms with Crippen LogP contribution in [0.3, 0.4) is 0 Å². The van der Waals surface area contributed by atoms with E-state index in [1.54, 1.807) is 50.5 Å². The van der Waals surface area contributed by atoms with Crippen molar-refractivity contribution >= 4 is 21.7 Å². The van der Waals surface area contributed by atoms with E-state index in [0.717, 1.165) is 23.1 Å². The molecule has 0 fully saturated rings. The molecule has 0 saturated heterocycles. The standard InChI is InChI=1S/C22H23N5O3S/c1-3-27(2)31(29,30)17-7-4-14(5-8-17)19-13-25-21(23)20(26-19)16-6-9-18-15(12-16)10-11-24-22(18)28/h4-9,12-13H,3,10-11H2,1-2H3,(H2,23,25)(H,24,28). The molecule has 1 aromatic heterocycles. The van der Waals surface area contributed by atoms with Crippen LogP contribution >= 0.6 is 0 Å². The lowest BCUT2D eigenvalue weighted by molar-refractivity contribution is 0.0946. The Kier molecular flexibility index (Phi) is 5.47. The van der Waals surface area contributed by atoms with Gasteiger partial charge in [0.15, 0.2) is 0 Å². The number of aromatic nitrogens is 2. The van der Waals surface area contributed by atoms with Gasteiger partial charge in [0.1, 0.15) is 11.5 Å². The van der Waals surface area contributed by atoms with Crippen molar-refractivity contribution in [1.29, 1.82) is 0 Å². The van der Waals surface area contributed by atoms with Gasteiger partial charge in [0.25, 0.3) is 5.91 Å². The molecule has 9 heteroatoms. The van der Waals surface area contributed by atoms with Gasteiger partial charge in [0, 0.05) is 36.8 Å². The number of benzene rings is 2. The number of carbonyl (C=O) groups is 1. The van der Waals surface area contributed by atoms with Crippen LogP contribution in [0.25, 0.3) is 22.5 Å². The Hall–Kier alpha value is -3.30. The fraction of sp³-hybridized carbons (Fsp3) is 0.227. The first-order valence-corrected chi connectivity index (χ1v) is 11.4. The highest BCUT2D eigenvalue weighted by Crippen LogP contribution is 2.29. The normalized spacial score (nSPS) is 13.7. The molecule has 0 saturated carbocycles. The molecule has 0 atom stereocenters. The Labute approximate surface area is 181 Å². The molecule has 3 aromatic rings. The number of sulfonamides is 1. The maximum atomic E-state index is 12.5. The molecule has 0 unspecified atom stereocenters. The van der Waals surface area contributed by atoms with Crippen LogP contribution in [-0.2, 0) is 16.4 Å². The summed E-state index contributed by atoms with van der Waals surface area (Å²) in [5.74, 6) is 0.206. The minimum Gasteiger partial charge on any atom is -0.382 e. The Morgan fingerprint density at radius 2 is 1.84 bits per heavy atom. The number of nitrogens with one attached hydrogen (secondary N) is 1. The summed E-state index contributed by atoms with van der Waals surface area (Å²) in [5, 5.41) is 2.83. The van der Waals surface area contributed by atoms with Crippen molar-refractivity contribution in [3.8, 4) is 22.5 Å². The van der Waals surface area contributed by atoms with Gasteiger partial charge in [-0.3, -0.25) is 4.79 Å². The largest absolute Gasteiger partial charge is 0.382 e. The number of nitrogens with zero attached hydrogens (tertiary/aromatic N) is 3. The van der Waals surface area contributed by atoms with Gasteiger partial charge in [-0.15, -0.1) is 0 Å². The van der Waals surface area contributed by atoms with Gasteiger partial charge >= 0.3 is 0 Å². The highest BCUT2D eigenvalue weighted by atomic mass is 32.2. The molecule has 0 spiro atoms. The van der Waals surface area contributed by atoms with Crippen molar-refractivity contribution in [2.45, 2.75) is 18.2 Å². The zero-order valence-corrected chi connectivity index (χ0v) is 18.1. The van der Waals surface area contributed by atoms with E-state index >= 15 is 0 Å². The quantitative estimate of drug-likeness (QED) is 0.632. The lowest BCUT2D eigenvalue weighted by Crippen LogP contribution is -2.31. The third kappa shape index (κ3) is 3.89. The van der Waals surface area contributed by atoms with Crippen molar-refractivity contribution in [3.05, 3.63) is 59.8 Å². The minimum atomic E-state index is -3.51. The van der Waals surface area contributed by atoms with Gasteiger partial charge in [0.05, 0.1) is 16.8 Å². The highest BCUT2D eigenvalue weighted by Gasteiger charge is 2.20. The van der Waals surface area contributed by atoms with E-state index < -0.39 is 10.0 Å². The van der Waals surface area contributed by atoms with E-state index in [1.165, 1.54) is 4.31 Å². The maximum Gasteiger partial charge on any atom is 0.251 e. The lowest BCUT2D eigenvalue weighted by atomic mass is 9.96. The van der Waals surface area contributed by atoms with Crippen LogP contribution in [0, 0.1) is 0 Å². The molecule has 1 amide bonds. The molecular weight excluding hydrogens is 414 g/mol. The van der Waals surface area contributed by atoms with E-state index in [1.807, 2.05) is 12.1 Å². The molecule has 4 rings (SSSR count). The highest BCUT2D eigenvalue weighted by molar-refractivity contribution is 7.89. The smallest absolute Gasteiger partial charge is 0.251 e. The molecule has 2 heterocycles. The Bertz CT molecular complexity index is 1260. The van der Waals surface area contributed by atoms with E-state index in [9.17, 15) is 13.2 Å². The van der Waals surface area contributed by atoms with Crippen LogP contribution in [0.2, 0.25) is 0 Å². The zero-order chi connectivity index (χ0) is 22.2. The first-order chi connectivity index (χ1) is 14.8. The first-order valence-electron chi connectivity index (χ1n) is 9.92. The van der Waals surface area contributed by atoms with Crippen LogP contribution in [0.15, 0.2) is 53.6 Å². The molecule has 160 valence electrons. The number of hydrogen-bond acceptors (Lipinski definition) is 6. The Morgan fingerprint density at radius 3 is 2.55 bits per heavy atom. The summed E-state index contributed by atoms with van der Waals surface area (Å²) in [7, 11) is -1.97. The maximum absolute atomic E-state index is 12.5. The number of rotatable bonds is 5. The van der Waals surface area contributed by atoms with E-state index in [2.05, 4.69) is 15.3 Å². The van der Waals surface area contributed by atoms with Crippen molar-refractivity contribution in [2.24, 2.45) is 0 Å². The molecule has 0 aliphatic carbocycles. The van der Waals surface area contributed by atoms with Crippen LogP contribution in [0.5, 0.6) is 0 Å². The van der Waals surface area contributed by atoms with Crippen LogP contribution in [0.4, 0.5) is 5.82 Å². The average Bonchev–Trinajstić information content (AvgIpc) is 2.79. The second-order valence-electron chi connectivity index (χ2n) is 7.31. The lowest BCUT2D eigenvalue weighted by Gasteiger charge is -2.17. The number of nitrogens with two attached hydrogens (primary N) is 1.